The van der Waals surface area contributed by atoms with Gasteiger partial charge in [-0.05, 0) is 62.1 Å². The fourth-order valence-corrected chi connectivity index (χ4v) is 3.35. The lowest BCUT2D eigenvalue weighted by molar-refractivity contribution is 0.145. The predicted molar refractivity (Wildman–Crippen MR) is 104 cm³/mol. The normalized spacial score (nSPS) is 16.6. The summed E-state index contributed by atoms with van der Waals surface area (Å²) in [7, 11) is 1.70. The first-order chi connectivity index (χ1) is 12.1. The maximum Gasteiger partial charge on any atom is 0.141 e. The maximum atomic E-state index is 9.65. The second-order valence-electron chi connectivity index (χ2n) is 6.88. The van der Waals surface area contributed by atoms with Crippen LogP contribution in [0.25, 0.3) is 0 Å². The molecule has 0 aliphatic carbocycles. The first-order valence-corrected chi connectivity index (χ1v) is 9.01. The Kier molecular flexibility index (Phi) is 5.49. The second kappa shape index (κ2) is 7.79. The van der Waals surface area contributed by atoms with E-state index in [4.69, 9.17) is 4.74 Å². The predicted octanol–water partition coefficient (Wildman–Crippen LogP) is 4.14. The summed E-state index contributed by atoms with van der Waals surface area (Å²) < 4.78 is 5.45. The third-order valence-corrected chi connectivity index (χ3v) is 4.95. The van der Waals surface area contributed by atoms with E-state index in [-0.39, 0.29) is 12.1 Å². The van der Waals surface area contributed by atoms with Crippen LogP contribution in [0.4, 0.5) is 11.4 Å². The number of nitrogens with one attached hydrogen (secondary N) is 1. The Balaban J connectivity index is 1.69. The third kappa shape index (κ3) is 4.26. The van der Waals surface area contributed by atoms with Gasteiger partial charge in [-0.15, -0.1) is 0 Å². The molecule has 1 saturated heterocycles. The Morgan fingerprint density at radius 3 is 2.44 bits per heavy atom. The van der Waals surface area contributed by atoms with E-state index in [1.165, 1.54) is 16.8 Å². The number of aliphatic hydroxyl groups is 1. The van der Waals surface area contributed by atoms with Gasteiger partial charge in [-0.25, -0.2) is 0 Å². The van der Waals surface area contributed by atoms with E-state index in [1.54, 1.807) is 7.11 Å². The third-order valence-electron chi connectivity index (χ3n) is 4.95. The summed E-state index contributed by atoms with van der Waals surface area (Å²) in [5.41, 5.74) is 4.70. The number of benzene rings is 2. The molecule has 2 aromatic rings. The fourth-order valence-electron chi connectivity index (χ4n) is 3.35. The fraction of sp³-hybridized carbons (Fsp3) is 0.429. The highest BCUT2D eigenvalue weighted by Gasteiger charge is 2.17. The topological polar surface area (TPSA) is 44.7 Å². The van der Waals surface area contributed by atoms with Crippen LogP contribution in [-0.4, -0.2) is 31.4 Å². The minimum Gasteiger partial charge on any atom is -0.495 e. The summed E-state index contributed by atoms with van der Waals surface area (Å²) in [4.78, 5) is 2.35. The number of ether oxygens (including phenoxy) is 1. The van der Waals surface area contributed by atoms with Crippen molar-refractivity contribution in [1.82, 2.24) is 0 Å². The standard InChI is InChI=1S/C21H28N2O2/c1-15-4-9-21(25-3)20(14-15)22-16(2)17-5-7-18(8-6-17)23-12-10-19(24)11-13-23/h4-9,14,16,19,22,24H,10-13H2,1-3H3. The molecule has 25 heavy (non-hydrogen) atoms. The van der Waals surface area contributed by atoms with Gasteiger partial charge in [0.1, 0.15) is 5.75 Å². The van der Waals surface area contributed by atoms with Crippen LogP contribution in [-0.2, 0) is 0 Å². The molecule has 1 unspecified atom stereocenters. The van der Waals surface area contributed by atoms with E-state index in [1.807, 2.05) is 6.07 Å². The lowest BCUT2D eigenvalue weighted by Crippen LogP contribution is -2.35. The summed E-state index contributed by atoms with van der Waals surface area (Å²) >= 11 is 0. The van der Waals surface area contributed by atoms with E-state index < -0.39 is 0 Å². The zero-order chi connectivity index (χ0) is 17.8. The molecule has 4 heteroatoms. The van der Waals surface area contributed by atoms with Crippen LogP contribution in [0.2, 0.25) is 0 Å². The van der Waals surface area contributed by atoms with E-state index in [0.717, 1.165) is 37.4 Å². The quantitative estimate of drug-likeness (QED) is 0.859. The zero-order valence-corrected chi connectivity index (χ0v) is 15.3. The minimum absolute atomic E-state index is 0.135. The average molecular weight is 340 g/mol. The van der Waals surface area contributed by atoms with Crippen molar-refractivity contribution in [3.63, 3.8) is 0 Å². The molecule has 2 aromatic carbocycles. The molecule has 0 aromatic heterocycles. The Morgan fingerprint density at radius 2 is 1.80 bits per heavy atom. The van der Waals surface area contributed by atoms with Crippen molar-refractivity contribution in [3.8, 4) is 5.75 Å². The molecule has 1 aliphatic heterocycles. The molecular weight excluding hydrogens is 312 g/mol. The number of hydrogen-bond acceptors (Lipinski definition) is 4. The second-order valence-corrected chi connectivity index (χ2v) is 6.88. The van der Waals surface area contributed by atoms with Crippen LogP contribution in [0.3, 0.4) is 0 Å². The molecule has 1 aliphatic rings. The van der Waals surface area contributed by atoms with Crippen molar-refractivity contribution in [2.45, 2.75) is 38.8 Å². The van der Waals surface area contributed by atoms with Crippen molar-refractivity contribution in [2.75, 3.05) is 30.4 Å². The number of hydrogen-bond donors (Lipinski definition) is 2. The molecular formula is C21H28N2O2. The van der Waals surface area contributed by atoms with E-state index in [2.05, 4.69) is 60.5 Å². The van der Waals surface area contributed by atoms with E-state index in [9.17, 15) is 5.11 Å². The highest BCUT2D eigenvalue weighted by molar-refractivity contribution is 5.59. The van der Waals surface area contributed by atoms with Gasteiger partial charge in [-0.3, -0.25) is 0 Å². The number of piperidine rings is 1. The zero-order valence-electron chi connectivity index (χ0n) is 15.3. The molecule has 4 nitrogen and oxygen atoms in total. The Bertz CT molecular complexity index is 692. The summed E-state index contributed by atoms with van der Waals surface area (Å²) in [6, 6.07) is 15.1. The molecule has 1 heterocycles. The average Bonchev–Trinajstić information content (AvgIpc) is 2.63. The molecule has 0 saturated carbocycles. The Hall–Kier alpha value is -2.20. The van der Waals surface area contributed by atoms with Crippen molar-refractivity contribution in [2.24, 2.45) is 0 Å². The number of methoxy groups -OCH3 is 1. The Labute approximate surface area is 150 Å². The van der Waals surface area contributed by atoms with Crippen molar-refractivity contribution >= 4 is 11.4 Å². The van der Waals surface area contributed by atoms with Crippen molar-refractivity contribution < 1.29 is 9.84 Å². The van der Waals surface area contributed by atoms with Gasteiger partial charge < -0.3 is 20.1 Å². The summed E-state index contributed by atoms with van der Waals surface area (Å²) in [6.45, 7) is 6.09. The monoisotopic (exact) mass is 340 g/mol. The summed E-state index contributed by atoms with van der Waals surface area (Å²) in [6.07, 6.45) is 1.57. The van der Waals surface area contributed by atoms with Gasteiger partial charge in [0.05, 0.1) is 18.9 Å². The molecule has 1 atom stereocenters. The molecule has 0 radical (unpaired) electrons. The molecule has 2 N–H and O–H groups in total. The van der Waals surface area contributed by atoms with Gasteiger partial charge >= 0.3 is 0 Å². The SMILES string of the molecule is COc1ccc(C)cc1NC(C)c1ccc(N2CCC(O)CC2)cc1. The van der Waals surface area contributed by atoms with Crippen LogP contribution in [0.1, 0.15) is 36.9 Å². The Morgan fingerprint density at radius 1 is 1.12 bits per heavy atom. The van der Waals surface area contributed by atoms with Crippen LogP contribution in [0.15, 0.2) is 42.5 Å². The smallest absolute Gasteiger partial charge is 0.141 e. The van der Waals surface area contributed by atoms with Gasteiger partial charge in [0, 0.05) is 24.8 Å². The molecule has 0 spiro atoms. The molecule has 3 rings (SSSR count). The van der Waals surface area contributed by atoms with E-state index in [0.29, 0.717) is 0 Å². The minimum atomic E-state index is -0.135. The summed E-state index contributed by atoms with van der Waals surface area (Å²) in [5.74, 6) is 0.862. The first kappa shape index (κ1) is 17.6. The molecule has 134 valence electrons. The van der Waals surface area contributed by atoms with Gasteiger partial charge in [0.15, 0.2) is 0 Å². The molecule has 0 amide bonds. The number of aryl methyl sites for hydroxylation is 1. The number of aliphatic hydroxyl groups excluding tert-OH is 1. The van der Waals surface area contributed by atoms with Gasteiger partial charge in [-0.2, -0.15) is 0 Å². The molecule has 0 bridgehead atoms. The van der Waals surface area contributed by atoms with Crippen molar-refractivity contribution in [3.05, 3.63) is 53.6 Å². The van der Waals surface area contributed by atoms with Gasteiger partial charge in [0.25, 0.3) is 0 Å². The lowest BCUT2D eigenvalue weighted by atomic mass is 10.0. The van der Waals surface area contributed by atoms with Crippen LogP contribution in [0, 0.1) is 6.92 Å². The number of rotatable bonds is 5. The van der Waals surface area contributed by atoms with Crippen LogP contribution >= 0.6 is 0 Å². The number of anilines is 2. The highest BCUT2D eigenvalue weighted by atomic mass is 16.5. The largest absolute Gasteiger partial charge is 0.495 e. The van der Waals surface area contributed by atoms with Crippen LogP contribution < -0.4 is 15.0 Å². The van der Waals surface area contributed by atoms with Crippen LogP contribution in [0.5, 0.6) is 5.75 Å². The van der Waals surface area contributed by atoms with Gasteiger partial charge in [0.2, 0.25) is 0 Å². The maximum absolute atomic E-state index is 9.65. The van der Waals surface area contributed by atoms with E-state index >= 15 is 0 Å². The summed E-state index contributed by atoms with van der Waals surface area (Å²) in [5, 5.41) is 13.2. The lowest BCUT2D eigenvalue weighted by Gasteiger charge is -2.31. The molecule has 1 fully saturated rings. The highest BCUT2D eigenvalue weighted by Crippen LogP contribution is 2.30. The number of nitrogens with zero attached hydrogens (tertiary/aromatic N) is 1. The first-order valence-electron chi connectivity index (χ1n) is 9.01. The van der Waals surface area contributed by atoms with Crippen molar-refractivity contribution in [1.29, 1.82) is 0 Å². The van der Waals surface area contributed by atoms with Gasteiger partial charge in [-0.1, -0.05) is 18.2 Å².